The van der Waals surface area contributed by atoms with E-state index in [2.05, 4.69) is 0 Å². The predicted octanol–water partition coefficient (Wildman–Crippen LogP) is 0.440. The summed E-state index contributed by atoms with van der Waals surface area (Å²) < 4.78 is 22.1. The third-order valence-corrected chi connectivity index (χ3v) is 4.41. The van der Waals surface area contributed by atoms with Crippen LogP contribution < -0.4 is 0 Å². The second kappa shape index (κ2) is 3.75. The van der Waals surface area contributed by atoms with Gasteiger partial charge in [-0.3, -0.25) is 0 Å². The lowest BCUT2D eigenvalue weighted by Gasteiger charge is -2.26. The molecule has 1 N–H and O–H groups in total. The Bertz CT molecular complexity index is 219. The number of hydrogen-bond donors (Lipinski definition) is 1. The summed E-state index contributed by atoms with van der Waals surface area (Å²) in [6.45, 7) is 2.15. The molecule has 0 aromatic carbocycles. The highest BCUT2D eigenvalue weighted by atomic mass is 32.2. The summed E-state index contributed by atoms with van der Waals surface area (Å²) in [5, 5.41) is 8.87. The van der Waals surface area contributed by atoms with Gasteiger partial charge in [-0.15, -0.1) is 0 Å². The average Bonchev–Trinajstić information content (AvgIpc) is 2.03. The van der Waals surface area contributed by atoms with Gasteiger partial charge in [-0.1, -0.05) is 6.92 Å². The van der Waals surface area contributed by atoms with Crippen LogP contribution in [0.4, 0.5) is 0 Å². The maximum absolute atomic E-state index is 11.0. The Balaban J connectivity index is 2.46. The van der Waals surface area contributed by atoms with Crippen molar-refractivity contribution in [2.75, 3.05) is 18.1 Å². The zero-order valence-corrected chi connectivity index (χ0v) is 8.18. The van der Waals surface area contributed by atoms with Gasteiger partial charge in [-0.2, -0.15) is 0 Å². The van der Waals surface area contributed by atoms with Crippen LogP contribution in [-0.2, 0) is 9.84 Å². The van der Waals surface area contributed by atoms with Gasteiger partial charge in [0.2, 0.25) is 0 Å². The van der Waals surface area contributed by atoms with Crippen molar-refractivity contribution in [2.45, 2.75) is 19.8 Å². The van der Waals surface area contributed by atoms with Gasteiger partial charge in [0, 0.05) is 6.61 Å². The van der Waals surface area contributed by atoms with Gasteiger partial charge < -0.3 is 5.11 Å². The fourth-order valence-corrected chi connectivity index (χ4v) is 3.15. The molecule has 1 fully saturated rings. The van der Waals surface area contributed by atoms with Crippen molar-refractivity contribution in [3.63, 3.8) is 0 Å². The molecule has 1 unspecified atom stereocenters. The molecule has 1 rings (SSSR count). The van der Waals surface area contributed by atoms with E-state index in [1.807, 2.05) is 6.92 Å². The van der Waals surface area contributed by atoms with Crippen LogP contribution >= 0.6 is 0 Å². The molecule has 1 saturated heterocycles. The van der Waals surface area contributed by atoms with Crippen LogP contribution in [0.2, 0.25) is 0 Å². The topological polar surface area (TPSA) is 54.4 Å². The Hall–Kier alpha value is -0.0900. The van der Waals surface area contributed by atoms with Gasteiger partial charge in [0.05, 0.1) is 11.5 Å². The first-order valence-electron chi connectivity index (χ1n) is 4.36. The fourth-order valence-electron chi connectivity index (χ4n) is 1.63. The van der Waals surface area contributed by atoms with Gasteiger partial charge >= 0.3 is 0 Å². The lowest BCUT2D eigenvalue weighted by molar-refractivity contribution is 0.180. The SMILES string of the molecule is CC(CO)C1CCS(=O)(=O)CC1. The summed E-state index contributed by atoms with van der Waals surface area (Å²) >= 11 is 0. The van der Waals surface area contributed by atoms with Crippen LogP contribution in [0.25, 0.3) is 0 Å². The highest BCUT2D eigenvalue weighted by molar-refractivity contribution is 7.91. The first kappa shape index (κ1) is 9.99. The summed E-state index contributed by atoms with van der Waals surface area (Å²) in [5.74, 6) is 1.27. The van der Waals surface area contributed by atoms with Crippen molar-refractivity contribution in [1.29, 1.82) is 0 Å². The van der Waals surface area contributed by atoms with Gasteiger partial charge in [0.15, 0.2) is 0 Å². The third kappa shape index (κ3) is 2.45. The van der Waals surface area contributed by atoms with Crippen LogP contribution in [0.5, 0.6) is 0 Å². The molecular weight excluding hydrogens is 176 g/mol. The highest BCUT2D eigenvalue weighted by Crippen LogP contribution is 2.25. The normalized spacial score (nSPS) is 26.8. The van der Waals surface area contributed by atoms with Crippen molar-refractivity contribution >= 4 is 9.84 Å². The molecule has 0 spiro atoms. The lowest BCUT2D eigenvalue weighted by atomic mass is 9.90. The lowest BCUT2D eigenvalue weighted by Crippen LogP contribution is -2.28. The van der Waals surface area contributed by atoms with Crippen LogP contribution in [0.15, 0.2) is 0 Å². The van der Waals surface area contributed by atoms with E-state index < -0.39 is 9.84 Å². The molecule has 0 aromatic rings. The van der Waals surface area contributed by atoms with E-state index in [-0.39, 0.29) is 12.5 Å². The number of aliphatic hydroxyl groups excluding tert-OH is 1. The maximum atomic E-state index is 11.0. The second-order valence-corrected chi connectivity index (χ2v) is 5.95. The molecule has 0 saturated carbocycles. The molecule has 0 aromatic heterocycles. The Morgan fingerprint density at radius 1 is 1.42 bits per heavy atom. The summed E-state index contributed by atoms with van der Waals surface area (Å²) in [6.07, 6.45) is 1.45. The zero-order chi connectivity index (χ0) is 9.19. The van der Waals surface area contributed by atoms with Crippen LogP contribution in [0.1, 0.15) is 19.8 Å². The smallest absolute Gasteiger partial charge is 0.150 e. The van der Waals surface area contributed by atoms with Gasteiger partial charge in [0.1, 0.15) is 9.84 Å². The first-order chi connectivity index (χ1) is 5.55. The summed E-state index contributed by atoms with van der Waals surface area (Å²) in [5.41, 5.74) is 0. The zero-order valence-electron chi connectivity index (χ0n) is 7.36. The molecular formula is C8H16O3S. The van der Waals surface area contributed by atoms with E-state index in [1.165, 1.54) is 0 Å². The first-order valence-corrected chi connectivity index (χ1v) is 6.18. The fraction of sp³-hybridized carbons (Fsp3) is 1.00. The molecule has 4 heteroatoms. The summed E-state index contributed by atoms with van der Waals surface area (Å²) in [4.78, 5) is 0. The molecule has 0 radical (unpaired) electrons. The average molecular weight is 192 g/mol. The molecule has 1 aliphatic rings. The van der Waals surface area contributed by atoms with Gasteiger partial charge in [0.25, 0.3) is 0 Å². The maximum Gasteiger partial charge on any atom is 0.150 e. The second-order valence-electron chi connectivity index (χ2n) is 3.65. The van der Waals surface area contributed by atoms with Crippen molar-refractivity contribution < 1.29 is 13.5 Å². The summed E-state index contributed by atoms with van der Waals surface area (Å²) in [7, 11) is -2.74. The molecule has 1 atom stereocenters. The minimum absolute atomic E-state index is 0.171. The molecule has 1 aliphatic heterocycles. The molecule has 12 heavy (non-hydrogen) atoms. The van der Waals surface area contributed by atoms with Gasteiger partial charge in [-0.05, 0) is 24.7 Å². The molecule has 72 valence electrons. The number of hydrogen-bond acceptors (Lipinski definition) is 3. The number of rotatable bonds is 2. The van der Waals surface area contributed by atoms with E-state index in [4.69, 9.17) is 5.11 Å². The van der Waals surface area contributed by atoms with E-state index in [0.29, 0.717) is 17.4 Å². The van der Waals surface area contributed by atoms with Crippen molar-refractivity contribution in [3.05, 3.63) is 0 Å². The van der Waals surface area contributed by atoms with Crippen molar-refractivity contribution in [2.24, 2.45) is 11.8 Å². The van der Waals surface area contributed by atoms with Crippen molar-refractivity contribution in [1.82, 2.24) is 0 Å². The van der Waals surface area contributed by atoms with E-state index in [1.54, 1.807) is 0 Å². The van der Waals surface area contributed by atoms with Crippen molar-refractivity contribution in [3.8, 4) is 0 Å². The molecule has 3 nitrogen and oxygen atoms in total. The Labute approximate surface area is 73.7 Å². The minimum Gasteiger partial charge on any atom is -0.396 e. The van der Waals surface area contributed by atoms with Gasteiger partial charge in [-0.25, -0.2) is 8.42 Å². The molecule has 0 bridgehead atoms. The van der Waals surface area contributed by atoms with Crippen LogP contribution in [0.3, 0.4) is 0 Å². The van der Waals surface area contributed by atoms with E-state index >= 15 is 0 Å². The standard InChI is InChI=1S/C8H16O3S/c1-7(6-9)8-2-4-12(10,11)5-3-8/h7-9H,2-6H2,1H3. The Morgan fingerprint density at radius 3 is 2.33 bits per heavy atom. The van der Waals surface area contributed by atoms with Crippen LogP contribution in [0, 0.1) is 11.8 Å². The van der Waals surface area contributed by atoms with E-state index in [0.717, 1.165) is 12.8 Å². The van der Waals surface area contributed by atoms with Crippen LogP contribution in [-0.4, -0.2) is 31.6 Å². The predicted molar refractivity (Wildman–Crippen MR) is 47.6 cm³/mol. The Kier molecular flexibility index (Phi) is 3.12. The third-order valence-electron chi connectivity index (χ3n) is 2.69. The number of sulfone groups is 1. The minimum atomic E-state index is -2.74. The largest absolute Gasteiger partial charge is 0.396 e. The highest BCUT2D eigenvalue weighted by Gasteiger charge is 2.26. The Morgan fingerprint density at radius 2 is 1.92 bits per heavy atom. The molecule has 0 amide bonds. The van der Waals surface area contributed by atoms with E-state index in [9.17, 15) is 8.42 Å². The summed E-state index contributed by atoms with van der Waals surface area (Å²) in [6, 6.07) is 0. The number of aliphatic hydroxyl groups is 1. The monoisotopic (exact) mass is 192 g/mol. The quantitative estimate of drug-likeness (QED) is 0.690. The molecule has 1 heterocycles. The molecule has 0 aliphatic carbocycles.